The van der Waals surface area contributed by atoms with E-state index in [1.165, 1.54) is 0 Å². The average molecular weight is 260 g/mol. The fraction of sp³-hybridized carbons (Fsp3) is 0.467. The Hall–Kier alpha value is -1.68. The number of nitrogens with two attached hydrogens (primary N) is 1. The second-order valence-corrected chi connectivity index (χ2v) is 4.84. The molecular weight excluding hydrogens is 240 g/mol. The first-order valence-electron chi connectivity index (χ1n) is 6.84. The van der Waals surface area contributed by atoms with Gasteiger partial charge in [-0.15, -0.1) is 0 Å². The molecule has 0 radical (unpaired) electrons. The maximum Gasteiger partial charge on any atom is 0.231 e. The summed E-state index contributed by atoms with van der Waals surface area (Å²) in [5.74, 6) is 0.241. The third-order valence-corrected chi connectivity index (χ3v) is 3.49. The summed E-state index contributed by atoms with van der Waals surface area (Å²) in [6, 6.07) is 5.58. The van der Waals surface area contributed by atoms with Crippen LogP contribution in [0, 0.1) is 0 Å². The van der Waals surface area contributed by atoms with Crippen LogP contribution in [0.25, 0.3) is 0 Å². The minimum absolute atomic E-state index is 0.119. The molecule has 102 valence electrons. The number of carbonyl (C=O) groups is 2. The summed E-state index contributed by atoms with van der Waals surface area (Å²) in [5.41, 5.74) is 8.10. The van der Waals surface area contributed by atoms with Crippen LogP contribution in [0.15, 0.2) is 18.2 Å². The Bertz CT molecular complexity index is 497. The summed E-state index contributed by atoms with van der Waals surface area (Å²) in [7, 11) is 0. The number of Topliss-reactive ketones (excluding diaryl/α,β-unsaturated/α-hetero) is 1. The van der Waals surface area contributed by atoms with Gasteiger partial charge in [0.25, 0.3) is 0 Å². The summed E-state index contributed by atoms with van der Waals surface area (Å²) in [6.45, 7) is 3.21. The average Bonchev–Trinajstić information content (AvgIpc) is 2.73. The van der Waals surface area contributed by atoms with E-state index in [4.69, 9.17) is 5.73 Å². The molecular formula is C15H20N2O2. The lowest BCUT2D eigenvalue weighted by molar-refractivity contribution is -0.117. The summed E-state index contributed by atoms with van der Waals surface area (Å²) in [6.07, 6.45) is 2.73. The van der Waals surface area contributed by atoms with Gasteiger partial charge in [0.1, 0.15) is 0 Å². The Morgan fingerprint density at radius 1 is 1.37 bits per heavy atom. The summed E-state index contributed by atoms with van der Waals surface area (Å²) in [4.78, 5) is 25.5. The molecule has 1 aliphatic rings. The summed E-state index contributed by atoms with van der Waals surface area (Å²) >= 11 is 0. The summed E-state index contributed by atoms with van der Waals surface area (Å²) in [5, 5.41) is 0. The lowest BCUT2D eigenvalue weighted by Gasteiger charge is -2.17. The highest BCUT2D eigenvalue weighted by molar-refractivity contribution is 6.03. The molecule has 1 amide bonds. The van der Waals surface area contributed by atoms with Gasteiger partial charge < -0.3 is 10.6 Å². The summed E-state index contributed by atoms with van der Waals surface area (Å²) < 4.78 is 0. The first-order valence-corrected chi connectivity index (χ1v) is 6.84. The van der Waals surface area contributed by atoms with Gasteiger partial charge in [-0.1, -0.05) is 6.92 Å². The molecule has 0 saturated carbocycles. The third-order valence-electron chi connectivity index (χ3n) is 3.49. The number of nitrogens with zero attached hydrogens (tertiary/aromatic N) is 1. The number of hydrogen-bond donors (Lipinski definition) is 1. The van der Waals surface area contributed by atoms with Crippen LogP contribution < -0.4 is 10.6 Å². The lowest BCUT2D eigenvalue weighted by Crippen LogP contribution is -2.28. The van der Waals surface area contributed by atoms with Crippen LogP contribution in [0.2, 0.25) is 0 Å². The number of rotatable bonds is 6. The highest BCUT2D eigenvalue weighted by Crippen LogP contribution is 2.30. The van der Waals surface area contributed by atoms with Crippen molar-refractivity contribution in [1.29, 1.82) is 0 Å². The predicted molar refractivity (Wildman–Crippen MR) is 75.4 cm³/mol. The van der Waals surface area contributed by atoms with E-state index in [0.29, 0.717) is 31.5 Å². The molecule has 2 rings (SSSR count). The number of fused-ring (bicyclic) bond motifs is 1. The van der Waals surface area contributed by atoms with Crippen molar-refractivity contribution < 1.29 is 9.59 Å². The van der Waals surface area contributed by atoms with Crippen molar-refractivity contribution in [3.63, 3.8) is 0 Å². The van der Waals surface area contributed by atoms with Crippen molar-refractivity contribution >= 4 is 17.4 Å². The van der Waals surface area contributed by atoms with Gasteiger partial charge in [-0.2, -0.15) is 0 Å². The second kappa shape index (κ2) is 5.97. The van der Waals surface area contributed by atoms with Crippen LogP contribution in [0.5, 0.6) is 0 Å². The molecule has 4 nitrogen and oxygen atoms in total. The molecule has 19 heavy (non-hydrogen) atoms. The van der Waals surface area contributed by atoms with E-state index in [2.05, 4.69) is 0 Å². The Morgan fingerprint density at radius 3 is 2.84 bits per heavy atom. The molecule has 0 atom stereocenters. The SMILES string of the molecule is CCC(=O)c1ccc2c(c1)CC(=O)N2CCCCN. The predicted octanol–water partition coefficient (Wildman–Crippen LogP) is 1.91. The van der Waals surface area contributed by atoms with Crippen molar-refractivity contribution in [2.45, 2.75) is 32.6 Å². The van der Waals surface area contributed by atoms with Gasteiger partial charge in [-0.25, -0.2) is 0 Å². The van der Waals surface area contributed by atoms with E-state index in [0.717, 1.165) is 24.1 Å². The first kappa shape index (κ1) is 13.7. The van der Waals surface area contributed by atoms with Crippen LogP contribution in [-0.2, 0) is 11.2 Å². The molecule has 0 fully saturated rings. The van der Waals surface area contributed by atoms with Crippen LogP contribution in [0.4, 0.5) is 5.69 Å². The molecule has 1 heterocycles. The van der Waals surface area contributed by atoms with Crippen LogP contribution in [0.1, 0.15) is 42.1 Å². The normalized spacial score (nSPS) is 13.8. The second-order valence-electron chi connectivity index (χ2n) is 4.84. The Labute approximate surface area is 113 Å². The van der Waals surface area contributed by atoms with Crippen LogP contribution >= 0.6 is 0 Å². The van der Waals surface area contributed by atoms with E-state index in [1.807, 2.05) is 30.0 Å². The van der Waals surface area contributed by atoms with Gasteiger partial charge in [-0.05, 0) is 43.1 Å². The van der Waals surface area contributed by atoms with Crippen molar-refractivity contribution in [3.8, 4) is 0 Å². The van der Waals surface area contributed by atoms with E-state index < -0.39 is 0 Å². The van der Waals surface area contributed by atoms with E-state index in [9.17, 15) is 9.59 Å². The van der Waals surface area contributed by atoms with Gasteiger partial charge in [0, 0.05) is 24.2 Å². The number of carbonyl (C=O) groups excluding carboxylic acids is 2. The molecule has 0 aromatic heterocycles. The van der Waals surface area contributed by atoms with Crippen molar-refractivity contribution in [1.82, 2.24) is 0 Å². The Balaban J connectivity index is 2.17. The number of unbranched alkanes of at least 4 members (excludes halogenated alkanes) is 1. The first-order chi connectivity index (χ1) is 9.17. The molecule has 1 aromatic carbocycles. The van der Waals surface area contributed by atoms with Crippen molar-refractivity contribution in [2.24, 2.45) is 5.73 Å². The fourth-order valence-corrected chi connectivity index (χ4v) is 2.42. The number of ketones is 1. The molecule has 4 heteroatoms. The number of anilines is 1. The molecule has 0 unspecified atom stereocenters. The maximum absolute atomic E-state index is 12.0. The monoisotopic (exact) mass is 260 g/mol. The van der Waals surface area contributed by atoms with Crippen LogP contribution in [0.3, 0.4) is 0 Å². The highest BCUT2D eigenvalue weighted by Gasteiger charge is 2.27. The van der Waals surface area contributed by atoms with Gasteiger partial charge in [-0.3, -0.25) is 9.59 Å². The number of amides is 1. The zero-order valence-corrected chi connectivity index (χ0v) is 11.3. The quantitative estimate of drug-likeness (QED) is 0.627. The molecule has 0 saturated heterocycles. The molecule has 2 N–H and O–H groups in total. The largest absolute Gasteiger partial charge is 0.330 e. The third kappa shape index (κ3) is 2.84. The topological polar surface area (TPSA) is 63.4 Å². The molecule has 1 aromatic rings. The number of hydrogen-bond acceptors (Lipinski definition) is 3. The lowest BCUT2D eigenvalue weighted by atomic mass is 10.0. The zero-order valence-electron chi connectivity index (χ0n) is 11.3. The van der Waals surface area contributed by atoms with Gasteiger partial charge in [0.15, 0.2) is 5.78 Å². The fourth-order valence-electron chi connectivity index (χ4n) is 2.42. The van der Waals surface area contributed by atoms with E-state index in [1.54, 1.807) is 0 Å². The van der Waals surface area contributed by atoms with Crippen LogP contribution in [-0.4, -0.2) is 24.8 Å². The molecule has 0 bridgehead atoms. The van der Waals surface area contributed by atoms with E-state index >= 15 is 0 Å². The Kier molecular flexibility index (Phi) is 4.32. The minimum atomic E-state index is 0.119. The van der Waals surface area contributed by atoms with Gasteiger partial charge in [0.2, 0.25) is 5.91 Å². The van der Waals surface area contributed by atoms with Gasteiger partial charge in [0.05, 0.1) is 6.42 Å². The Morgan fingerprint density at radius 2 is 2.16 bits per heavy atom. The highest BCUT2D eigenvalue weighted by atomic mass is 16.2. The molecule has 0 spiro atoms. The van der Waals surface area contributed by atoms with Crippen molar-refractivity contribution in [3.05, 3.63) is 29.3 Å². The molecule has 1 aliphatic heterocycles. The van der Waals surface area contributed by atoms with Gasteiger partial charge >= 0.3 is 0 Å². The smallest absolute Gasteiger partial charge is 0.231 e. The van der Waals surface area contributed by atoms with E-state index in [-0.39, 0.29) is 11.7 Å². The number of benzene rings is 1. The standard InChI is InChI=1S/C15H20N2O2/c1-2-14(18)11-5-6-13-12(9-11)10-15(19)17(13)8-4-3-7-16/h5-6,9H,2-4,7-8,10,16H2,1H3. The van der Waals surface area contributed by atoms with Crippen molar-refractivity contribution in [2.75, 3.05) is 18.0 Å². The molecule has 0 aliphatic carbocycles. The zero-order chi connectivity index (χ0) is 13.8. The minimum Gasteiger partial charge on any atom is -0.330 e. The maximum atomic E-state index is 12.0.